The number of benzene rings is 1. The molecule has 174 valence electrons. The summed E-state index contributed by atoms with van der Waals surface area (Å²) in [6, 6.07) is 8.67. The van der Waals surface area contributed by atoms with Crippen molar-refractivity contribution < 1.29 is 4.74 Å². The van der Waals surface area contributed by atoms with Gasteiger partial charge in [0.05, 0.1) is 18.6 Å². The van der Waals surface area contributed by atoms with Crippen LogP contribution in [0.1, 0.15) is 68.8 Å². The third-order valence-electron chi connectivity index (χ3n) is 5.80. The van der Waals surface area contributed by atoms with Crippen molar-refractivity contribution in [2.45, 2.75) is 71.3 Å². The second-order valence-corrected chi connectivity index (χ2v) is 9.69. The quantitative estimate of drug-likeness (QED) is 0.436. The van der Waals surface area contributed by atoms with Crippen molar-refractivity contribution in [2.75, 3.05) is 30.2 Å². The molecule has 1 atom stereocenters. The van der Waals surface area contributed by atoms with Gasteiger partial charge in [-0.25, -0.2) is 4.98 Å². The molecular formula is C25H37N5OS. The Morgan fingerprint density at radius 2 is 2.03 bits per heavy atom. The van der Waals surface area contributed by atoms with Crippen molar-refractivity contribution >= 4 is 23.5 Å². The van der Waals surface area contributed by atoms with Crippen LogP contribution in [0.15, 0.2) is 18.2 Å². The average Bonchev–Trinajstić information content (AvgIpc) is 2.77. The van der Waals surface area contributed by atoms with E-state index in [4.69, 9.17) is 10.5 Å². The summed E-state index contributed by atoms with van der Waals surface area (Å²) in [5.41, 5.74) is 9.26. The predicted octanol–water partition coefficient (Wildman–Crippen LogP) is 5.49. The number of nitrogen functional groups attached to an aromatic ring is 1. The molecule has 0 aliphatic heterocycles. The second kappa shape index (κ2) is 12.0. The molecule has 3 N–H and O–H groups in total. The smallest absolute Gasteiger partial charge is 0.222 e. The van der Waals surface area contributed by atoms with E-state index in [0.29, 0.717) is 12.5 Å². The summed E-state index contributed by atoms with van der Waals surface area (Å²) in [7, 11) is 1.67. The van der Waals surface area contributed by atoms with Gasteiger partial charge >= 0.3 is 0 Å². The number of ether oxygens (including phenoxy) is 1. The Bertz CT molecular complexity index is 931. The first-order valence-electron chi connectivity index (χ1n) is 11.2. The SMILES string of the molecule is CCCCC(CCSC)Nc1nc(N)nc(C)c1Cc1cc(C(C)(C)C#N)ccc1OC. The number of nitrogens with one attached hydrogen (secondary N) is 1. The van der Waals surface area contributed by atoms with Gasteiger partial charge in [-0.15, -0.1) is 0 Å². The number of aryl methyl sites for hydroxylation is 1. The van der Waals surface area contributed by atoms with Crippen LogP contribution in [0.4, 0.5) is 11.8 Å². The summed E-state index contributed by atoms with van der Waals surface area (Å²) in [5, 5.41) is 13.3. The number of anilines is 2. The van der Waals surface area contributed by atoms with Crippen LogP contribution < -0.4 is 15.8 Å². The van der Waals surface area contributed by atoms with E-state index in [1.165, 1.54) is 6.42 Å². The van der Waals surface area contributed by atoms with Crippen LogP contribution in [0.5, 0.6) is 5.75 Å². The third-order valence-corrected chi connectivity index (χ3v) is 6.44. The molecule has 7 heteroatoms. The van der Waals surface area contributed by atoms with Gasteiger partial charge < -0.3 is 15.8 Å². The molecule has 0 bridgehead atoms. The molecule has 1 unspecified atom stereocenters. The summed E-state index contributed by atoms with van der Waals surface area (Å²) < 4.78 is 5.64. The van der Waals surface area contributed by atoms with Crippen molar-refractivity contribution in [1.82, 2.24) is 9.97 Å². The second-order valence-electron chi connectivity index (χ2n) is 8.70. The molecule has 1 aromatic heterocycles. The topological polar surface area (TPSA) is 96.9 Å². The number of rotatable bonds is 12. The number of nitriles is 1. The van der Waals surface area contributed by atoms with Gasteiger partial charge in [-0.1, -0.05) is 31.9 Å². The first-order chi connectivity index (χ1) is 15.2. The normalized spacial score (nSPS) is 12.3. The van der Waals surface area contributed by atoms with Crippen molar-refractivity contribution in [3.63, 3.8) is 0 Å². The van der Waals surface area contributed by atoms with E-state index in [1.807, 2.05) is 44.7 Å². The highest BCUT2D eigenvalue weighted by atomic mass is 32.2. The number of unbranched alkanes of at least 4 members (excludes halogenated alkanes) is 1. The largest absolute Gasteiger partial charge is 0.496 e. The maximum Gasteiger partial charge on any atom is 0.222 e. The van der Waals surface area contributed by atoms with Crippen molar-refractivity contribution in [3.05, 3.63) is 40.6 Å². The van der Waals surface area contributed by atoms with Crippen molar-refractivity contribution in [2.24, 2.45) is 0 Å². The van der Waals surface area contributed by atoms with E-state index < -0.39 is 5.41 Å². The van der Waals surface area contributed by atoms with E-state index in [2.05, 4.69) is 40.6 Å². The first-order valence-corrected chi connectivity index (χ1v) is 12.6. The van der Waals surface area contributed by atoms with E-state index in [1.54, 1.807) is 7.11 Å². The van der Waals surface area contributed by atoms with Gasteiger partial charge in [0.1, 0.15) is 11.6 Å². The van der Waals surface area contributed by atoms with Crippen LogP contribution >= 0.6 is 11.8 Å². The Hall–Kier alpha value is -2.46. The lowest BCUT2D eigenvalue weighted by atomic mass is 9.84. The van der Waals surface area contributed by atoms with Gasteiger partial charge in [-0.3, -0.25) is 0 Å². The lowest BCUT2D eigenvalue weighted by molar-refractivity contribution is 0.410. The highest BCUT2D eigenvalue weighted by molar-refractivity contribution is 7.98. The molecule has 1 heterocycles. The van der Waals surface area contributed by atoms with Gasteiger partial charge in [0.25, 0.3) is 0 Å². The number of aromatic nitrogens is 2. The summed E-state index contributed by atoms with van der Waals surface area (Å²) in [5.74, 6) is 2.95. The molecule has 2 aromatic rings. The van der Waals surface area contributed by atoms with E-state index >= 15 is 0 Å². The standard InChI is InChI=1S/C25H37N5OS/c1-7-8-9-20(12-13-32-6)29-23-21(17(2)28-24(27)30-23)15-18-14-19(25(3,4)16-26)10-11-22(18)31-5/h10-11,14,20H,7-9,12-13,15H2,1-6H3,(H3,27,28,29,30). The molecular weight excluding hydrogens is 418 g/mol. The van der Waals surface area contributed by atoms with Crippen LogP contribution in [0.25, 0.3) is 0 Å². The van der Waals surface area contributed by atoms with Crippen LogP contribution in [-0.4, -0.2) is 35.1 Å². The molecule has 0 saturated heterocycles. The molecule has 1 aromatic carbocycles. The zero-order valence-corrected chi connectivity index (χ0v) is 21.1. The number of methoxy groups -OCH3 is 1. The van der Waals surface area contributed by atoms with Crippen LogP contribution in [0.3, 0.4) is 0 Å². The molecule has 32 heavy (non-hydrogen) atoms. The summed E-state index contributed by atoms with van der Waals surface area (Å²) in [6.07, 6.45) is 7.22. The highest BCUT2D eigenvalue weighted by Gasteiger charge is 2.23. The zero-order chi connectivity index (χ0) is 23.7. The minimum Gasteiger partial charge on any atom is -0.496 e. The lowest BCUT2D eigenvalue weighted by Gasteiger charge is -2.23. The number of hydrogen-bond acceptors (Lipinski definition) is 7. The molecule has 2 rings (SSSR count). The van der Waals surface area contributed by atoms with Crippen LogP contribution in [0, 0.1) is 18.3 Å². The molecule has 6 nitrogen and oxygen atoms in total. The van der Waals surface area contributed by atoms with Crippen molar-refractivity contribution in [3.8, 4) is 11.8 Å². The van der Waals surface area contributed by atoms with E-state index in [-0.39, 0.29) is 5.95 Å². The fourth-order valence-corrected chi connectivity index (χ4v) is 4.22. The zero-order valence-electron chi connectivity index (χ0n) is 20.3. The number of thioether (sulfide) groups is 1. The molecule has 0 aliphatic carbocycles. The van der Waals surface area contributed by atoms with E-state index in [0.717, 1.165) is 59.0 Å². The minimum absolute atomic E-state index is 0.277. The maximum atomic E-state index is 9.59. The average molecular weight is 456 g/mol. The summed E-state index contributed by atoms with van der Waals surface area (Å²) >= 11 is 1.86. The fourth-order valence-electron chi connectivity index (χ4n) is 3.70. The molecule has 0 radical (unpaired) electrons. The molecule has 0 amide bonds. The lowest BCUT2D eigenvalue weighted by Crippen LogP contribution is -2.23. The van der Waals surface area contributed by atoms with Gasteiger partial charge in [0.2, 0.25) is 5.95 Å². The fraction of sp³-hybridized carbons (Fsp3) is 0.560. The molecule has 0 saturated carbocycles. The van der Waals surface area contributed by atoms with E-state index in [9.17, 15) is 5.26 Å². The number of nitrogens with two attached hydrogens (primary N) is 1. The van der Waals surface area contributed by atoms with Crippen molar-refractivity contribution in [1.29, 1.82) is 5.26 Å². The van der Waals surface area contributed by atoms with Gasteiger partial charge in [-0.05, 0) is 62.8 Å². The Morgan fingerprint density at radius 3 is 2.66 bits per heavy atom. The molecule has 0 aliphatic rings. The monoisotopic (exact) mass is 455 g/mol. The Labute approximate surface area is 197 Å². The summed E-state index contributed by atoms with van der Waals surface area (Å²) in [4.78, 5) is 9.02. The molecule has 0 spiro atoms. The molecule has 0 fully saturated rings. The maximum absolute atomic E-state index is 9.59. The number of hydrogen-bond donors (Lipinski definition) is 2. The van der Waals surface area contributed by atoms with Gasteiger partial charge in [-0.2, -0.15) is 22.0 Å². The summed E-state index contributed by atoms with van der Waals surface area (Å²) in [6.45, 7) is 8.03. The predicted molar refractivity (Wildman–Crippen MR) is 136 cm³/mol. The van der Waals surface area contributed by atoms with Crippen LogP contribution in [-0.2, 0) is 11.8 Å². The Kier molecular flexibility index (Phi) is 9.64. The number of nitrogens with zero attached hydrogens (tertiary/aromatic N) is 3. The highest BCUT2D eigenvalue weighted by Crippen LogP contribution is 2.32. The van der Waals surface area contributed by atoms with Gasteiger partial charge in [0.15, 0.2) is 0 Å². The first kappa shape index (κ1) is 25.8. The van der Waals surface area contributed by atoms with Crippen LogP contribution in [0.2, 0.25) is 0 Å². The Morgan fingerprint density at radius 1 is 1.28 bits per heavy atom. The Balaban J connectivity index is 2.46. The van der Waals surface area contributed by atoms with Gasteiger partial charge in [0, 0.05) is 23.7 Å². The third kappa shape index (κ3) is 6.77. The minimum atomic E-state index is -0.585.